The van der Waals surface area contributed by atoms with E-state index < -0.39 is 17.2 Å². The maximum atomic E-state index is 13.4. The van der Waals surface area contributed by atoms with Crippen LogP contribution in [-0.2, 0) is 4.79 Å². The Kier molecular flexibility index (Phi) is 6.81. The van der Waals surface area contributed by atoms with E-state index in [0.717, 1.165) is 11.8 Å². The molecule has 3 aromatic rings. The highest BCUT2D eigenvalue weighted by atomic mass is 32.2. The van der Waals surface area contributed by atoms with Gasteiger partial charge in [-0.25, -0.2) is 9.78 Å². The average Bonchev–Trinajstić information content (AvgIpc) is 2.78. The van der Waals surface area contributed by atoms with Gasteiger partial charge in [-0.1, -0.05) is 23.9 Å². The van der Waals surface area contributed by atoms with Crippen LogP contribution in [0.5, 0.6) is 11.5 Å². The second-order valence-electron chi connectivity index (χ2n) is 6.42. The van der Waals surface area contributed by atoms with E-state index in [0.29, 0.717) is 33.2 Å². The molecular formula is C21H22N4O5S. The predicted molar refractivity (Wildman–Crippen MR) is 118 cm³/mol. The molecule has 1 atom stereocenters. The minimum atomic E-state index is -0.697. The van der Waals surface area contributed by atoms with E-state index in [1.54, 1.807) is 49.4 Å². The molecule has 0 saturated heterocycles. The molecule has 31 heavy (non-hydrogen) atoms. The highest BCUT2D eigenvalue weighted by Crippen LogP contribution is 2.31. The zero-order valence-electron chi connectivity index (χ0n) is 17.5. The summed E-state index contributed by atoms with van der Waals surface area (Å²) >= 11 is 1.07. The summed E-state index contributed by atoms with van der Waals surface area (Å²) in [5.41, 5.74) is 0.715. The van der Waals surface area contributed by atoms with Crippen LogP contribution in [0.15, 0.2) is 52.4 Å². The molecule has 2 N–H and O–H groups in total. The molecule has 0 spiro atoms. The van der Waals surface area contributed by atoms with Gasteiger partial charge >= 0.3 is 6.03 Å². The highest BCUT2D eigenvalue weighted by Gasteiger charge is 2.22. The lowest BCUT2D eigenvalue weighted by atomic mass is 10.2. The van der Waals surface area contributed by atoms with Crippen molar-refractivity contribution in [3.05, 3.63) is 52.8 Å². The number of methoxy groups -OCH3 is 2. The van der Waals surface area contributed by atoms with Gasteiger partial charge in [0.1, 0.15) is 0 Å². The highest BCUT2D eigenvalue weighted by molar-refractivity contribution is 8.00. The van der Waals surface area contributed by atoms with Crippen molar-refractivity contribution < 1.29 is 19.1 Å². The molecule has 9 nitrogen and oxygen atoms in total. The third kappa shape index (κ3) is 4.64. The summed E-state index contributed by atoms with van der Waals surface area (Å²) in [5, 5.41) is 4.60. The van der Waals surface area contributed by atoms with Crippen LogP contribution in [-0.4, -0.2) is 48.0 Å². The molecule has 0 fully saturated rings. The van der Waals surface area contributed by atoms with E-state index in [-0.39, 0.29) is 5.56 Å². The summed E-state index contributed by atoms with van der Waals surface area (Å²) in [5.74, 6) is 0.451. The standard InChI is InChI=1S/C21H22N4O5S/c1-12(18(26)24-20(28)22-2)31-21-23-15-8-6-5-7-14(15)19(27)25(21)13-9-10-16(29-3)17(11-13)30-4/h5-12H,1-4H3,(H2,22,24,26,28). The molecule has 0 saturated carbocycles. The molecule has 0 radical (unpaired) electrons. The van der Waals surface area contributed by atoms with Crippen LogP contribution in [0.25, 0.3) is 16.6 Å². The Morgan fingerprint density at radius 2 is 1.81 bits per heavy atom. The second kappa shape index (κ2) is 9.52. The predicted octanol–water partition coefficient (Wildman–Crippen LogP) is 2.34. The minimum Gasteiger partial charge on any atom is -0.493 e. The molecule has 3 amide bonds. The van der Waals surface area contributed by atoms with Gasteiger partial charge < -0.3 is 14.8 Å². The largest absolute Gasteiger partial charge is 0.493 e. The third-order valence-corrected chi connectivity index (χ3v) is 5.54. The Hall–Kier alpha value is -3.53. The first-order valence-corrected chi connectivity index (χ1v) is 10.2. The maximum Gasteiger partial charge on any atom is 0.321 e. The van der Waals surface area contributed by atoms with Crippen LogP contribution in [0, 0.1) is 0 Å². The van der Waals surface area contributed by atoms with Crippen LogP contribution in [0.3, 0.4) is 0 Å². The Balaban J connectivity index is 2.13. The molecule has 10 heteroatoms. The summed E-state index contributed by atoms with van der Waals surface area (Å²) in [4.78, 5) is 41.8. The lowest BCUT2D eigenvalue weighted by Gasteiger charge is -2.17. The van der Waals surface area contributed by atoms with Gasteiger partial charge in [-0.15, -0.1) is 0 Å². The van der Waals surface area contributed by atoms with Gasteiger partial charge in [-0.05, 0) is 31.2 Å². The SMILES string of the molecule is CNC(=O)NC(=O)C(C)Sc1nc2ccccc2c(=O)n1-c1ccc(OC)c(OC)c1. The molecular weight excluding hydrogens is 420 g/mol. The first-order chi connectivity index (χ1) is 14.9. The molecule has 1 aromatic heterocycles. The van der Waals surface area contributed by atoms with Crippen molar-refractivity contribution >= 4 is 34.6 Å². The number of amides is 3. The fraction of sp³-hybridized carbons (Fsp3) is 0.238. The van der Waals surface area contributed by atoms with Crippen molar-refractivity contribution in [1.82, 2.24) is 20.2 Å². The number of hydrogen-bond donors (Lipinski definition) is 2. The quantitative estimate of drug-likeness (QED) is 0.445. The zero-order chi connectivity index (χ0) is 22.5. The number of rotatable bonds is 6. The summed E-state index contributed by atoms with van der Waals surface area (Å²) in [7, 11) is 4.44. The summed E-state index contributed by atoms with van der Waals surface area (Å²) in [6.45, 7) is 1.63. The van der Waals surface area contributed by atoms with Gasteiger partial charge in [0.2, 0.25) is 5.91 Å². The first kappa shape index (κ1) is 22.2. The molecule has 162 valence electrons. The van der Waals surface area contributed by atoms with Crippen molar-refractivity contribution in [3.8, 4) is 17.2 Å². The Morgan fingerprint density at radius 3 is 2.48 bits per heavy atom. The van der Waals surface area contributed by atoms with Crippen LogP contribution >= 0.6 is 11.8 Å². The molecule has 2 aromatic carbocycles. The van der Waals surface area contributed by atoms with Crippen molar-refractivity contribution in [2.24, 2.45) is 0 Å². The molecule has 0 aliphatic heterocycles. The van der Waals surface area contributed by atoms with Gasteiger partial charge in [-0.2, -0.15) is 0 Å². The van der Waals surface area contributed by atoms with E-state index in [4.69, 9.17) is 9.47 Å². The summed E-state index contributed by atoms with van der Waals surface area (Å²) < 4.78 is 12.1. The van der Waals surface area contributed by atoms with Gasteiger partial charge in [0.05, 0.1) is 36.1 Å². The number of para-hydroxylation sites is 1. The normalized spacial score (nSPS) is 11.6. The number of ether oxygens (including phenoxy) is 2. The number of urea groups is 1. The van der Waals surface area contributed by atoms with Gasteiger partial charge in [0.25, 0.3) is 5.56 Å². The number of thioether (sulfide) groups is 1. The zero-order valence-corrected chi connectivity index (χ0v) is 18.3. The van der Waals surface area contributed by atoms with Crippen LogP contribution in [0.2, 0.25) is 0 Å². The van der Waals surface area contributed by atoms with Crippen LogP contribution < -0.4 is 25.7 Å². The Labute approximate surface area is 182 Å². The molecule has 0 aliphatic rings. The molecule has 1 unspecified atom stereocenters. The number of hydrogen-bond acceptors (Lipinski definition) is 7. The van der Waals surface area contributed by atoms with E-state index in [1.165, 1.54) is 25.8 Å². The lowest BCUT2D eigenvalue weighted by Crippen LogP contribution is -2.41. The number of benzene rings is 2. The monoisotopic (exact) mass is 442 g/mol. The smallest absolute Gasteiger partial charge is 0.321 e. The van der Waals surface area contributed by atoms with Crippen molar-refractivity contribution in [2.45, 2.75) is 17.3 Å². The van der Waals surface area contributed by atoms with Crippen molar-refractivity contribution in [2.75, 3.05) is 21.3 Å². The van der Waals surface area contributed by atoms with Gasteiger partial charge in [0.15, 0.2) is 16.7 Å². The number of aromatic nitrogens is 2. The summed E-state index contributed by atoms with van der Waals surface area (Å²) in [6.07, 6.45) is 0. The molecule has 0 bridgehead atoms. The van der Waals surface area contributed by atoms with Crippen LogP contribution in [0.1, 0.15) is 6.92 Å². The van der Waals surface area contributed by atoms with Crippen molar-refractivity contribution in [1.29, 1.82) is 0 Å². The van der Waals surface area contributed by atoms with Crippen molar-refractivity contribution in [3.63, 3.8) is 0 Å². The van der Waals surface area contributed by atoms with E-state index in [9.17, 15) is 14.4 Å². The van der Waals surface area contributed by atoms with E-state index in [2.05, 4.69) is 15.6 Å². The number of carbonyl (C=O) groups excluding carboxylic acids is 2. The van der Waals surface area contributed by atoms with E-state index >= 15 is 0 Å². The first-order valence-electron chi connectivity index (χ1n) is 9.33. The van der Waals surface area contributed by atoms with E-state index in [1.807, 2.05) is 0 Å². The van der Waals surface area contributed by atoms with Gasteiger partial charge in [0, 0.05) is 13.1 Å². The molecule has 3 rings (SSSR count). The van der Waals surface area contributed by atoms with Gasteiger partial charge in [-0.3, -0.25) is 19.5 Å². The Bertz CT molecular complexity index is 1190. The molecule has 1 heterocycles. The minimum absolute atomic E-state index is 0.292. The number of imide groups is 1. The maximum absolute atomic E-state index is 13.4. The molecule has 0 aliphatic carbocycles. The lowest BCUT2D eigenvalue weighted by molar-refractivity contribution is -0.119. The number of nitrogens with one attached hydrogen (secondary N) is 2. The van der Waals surface area contributed by atoms with Crippen LogP contribution in [0.4, 0.5) is 4.79 Å². The number of carbonyl (C=O) groups is 2. The second-order valence-corrected chi connectivity index (χ2v) is 7.73. The average molecular weight is 442 g/mol. The fourth-order valence-corrected chi connectivity index (χ4v) is 3.80. The fourth-order valence-electron chi connectivity index (χ4n) is 2.87. The topological polar surface area (TPSA) is 112 Å². The number of nitrogens with zero attached hydrogens (tertiary/aromatic N) is 2. The third-order valence-electron chi connectivity index (χ3n) is 4.49. The Morgan fingerprint density at radius 1 is 1.10 bits per heavy atom. The summed E-state index contributed by atoms with van der Waals surface area (Å²) in [6, 6.07) is 11.4. The number of fused-ring (bicyclic) bond motifs is 1.